The molecule has 0 spiro atoms. The topological polar surface area (TPSA) is 91.4 Å². The third-order valence-electron chi connectivity index (χ3n) is 3.44. The van der Waals surface area contributed by atoms with Crippen molar-refractivity contribution in [2.75, 3.05) is 0 Å². The number of fused-ring (bicyclic) bond motifs is 1. The minimum absolute atomic E-state index is 0.0262. The van der Waals surface area contributed by atoms with Gasteiger partial charge < -0.3 is 4.74 Å². The second kappa shape index (κ2) is 3.87. The van der Waals surface area contributed by atoms with Crippen molar-refractivity contribution in [2.24, 2.45) is 7.05 Å². The maximum Gasteiger partial charge on any atom is 0.361 e. The van der Waals surface area contributed by atoms with Crippen molar-refractivity contribution in [3.8, 4) is 0 Å². The first-order valence-corrected chi connectivity index (χ1v) is 6.01. The number of imidazole rings is 1. The molecule has 2 heterocycles. The fraction of sp³-hybridized carbons (Fsp3) is 0.545. The quantitative estimate of drug-likeness (QED) is 0.704. The highest BCUT2D eigenvalue weighted by Gasteiger charge is 2.37. The molecule has 0 saturated heterocycles. The normalized spacial score (nSPS) is 17.2. The summed E-state index contributed by atoms with van der Waals surface area (Å²) in [7, 11) is 1.47. The molecule has 0 bridgehead atoms. The molecule has 1 aliphatic carbocycles. The van der Waals surface area contributed by atoms with E-state index in [1.807, 2.05) is 6.92 Å². The summed E-state index contributed by atoms with van der Waals surface area (Å²) in [6.07, 6.45) is 4.00. The van der Waals surface area contributed by atoms with Crippen molar-refractivity contribution >= 4 is 11.6 Å². The zero-order chi connectivity index (χ0) is 13.6. The Morgan fingerprint density at radius 2 is 2.21 bits per heavy atom. The molecule has 0 N–H and O–H groups in total. The van der Waals surface area contributed by atoms with Crippen LogP contribution in [0, 0.1) is 0 Å². The number of carbonyl (C=O) groups excluding carboxylic acids is 1. The fourth-order valence-electron chi connectivity index (χ4n) is 2.07. The van der Waals surface area contributed by atoms with E-state index in [9.17, 15) is 9.59 Å². The Morgan fingerprint density at radius 3 is 2.84 bits per heavy atom. The molecule has 2 aromatic heterocycles. The Balaban J connectivity index is 1.99. The SMILES string of the molecule is Cn1nnc2c(C(=O)OC3(C)CCC3)ncn2c1=O. The third-order valence-corrected chi connectivity index (χ3v) is 3.44. The molecule has 8 nitrogen and oxygen atoms in total. The van der Waals surface area contributed by atoms with Crippen LogP contribution in [0.1, 0.15) is 36.7 Å². The van der Waals surface area contributed by atoms with E-state index in [4.69, 9.17) is 4.74 Å². The first-order valence-electron chi connectivity index (χ1n) is 6.01. The minimum Gasteiger partial charge on any atom is -0.455 e. The lowest BCUT2D eigenvalue weighted by molar-refractivity contribution is -0.0501. The number of aryl methyl sites for hydroxylation is 1. The maximum atomic E-state index is 12.0. The molecule has 0 atom stereocenters. The summed E-state index contributed by atoms with van der Waals surface area (Å²) in [5.41, 5.74) is -0.680. The summed E-state index contributed by atoms with van der Waals surface area (Å²) in [5, 5.41) is 7.45. The zero-order valence-electron chi connectivity index (χ0n) is 10.7. The van der Waals surface area contributed by atoms with Gasteiger partial charge in [0.2, 0.25) is 0 Å². The second-order valence-electron chi connectivity index (χ2n) is 4.98. The van der Waals surface area contributed by atoms with Gasteiger partial charge in [0.25, 0.3) is 0 Å². The Morgan fingerprint density at radius 1 is 1.47 bits per heavy atom. The molecular formula is C11H13N5O3. The van der Waals surface area contributed by atoms with Gasteiger partial charge in [-0.25, -0.2) is 19.0 Å². The molecule has 3 rings (SSSR count). The highest BCUT2D eigenvalue weighted by atomic mass is 16.6. The van der Waals surface area contributed by atoms with Crippen molar-refractivity contribution in [1.82, 2.24) is 24.4 Å². The van der Waals surface area contributed by atoms with E-state index in [1.54, 1.807) is 0 Å². The Kier molecular flexibility index (Phi) is 2.41. The van der Waals surface area contributed by atoms with E-state index < -0.39 is 17.3 Å². The number of rotatable bonds is 2. The number of hydrogen-bond acceptors (Lipinski definition) is 6. The Labute approximate surface area is 108 Å². The molecule has 1 saturated carbocycles. The van der Waals surface area contributed by atoms with Crippen LogP contribution in [0.4, 0.5) is 0 Å². The van der Waals surface area contributed by atoms with Crippen LogP contribution in [0.15, 0.2) is 11.1 Å². The van der Waals surface area contributed by atoms with Crippen molar-refractivity contribution < 1.29 is 9.53 Å². The summed E-state index contributed by atoms with van der Waals surface area (Å²) in [6, 6.07) is 0. The van der Waals surface area contributed by atoms with Crippen LogP contribution >= 0.6 is 0 Å². The molecule has 0 aromatic carbocycles. The van der Waals surface area contributed by atoms with Crippen LogP contribution in [-0.4, -0.2) is 35.9 Å². The van der Waals surface area contributed by atoms with Crippen molar-refractivity contribution in [1.29, 1.82) is 0 Å². The Hall–Kier alpha value is -2.25. The third kappa shape index (κ3) is 1.79. The second-order valence-corrected chi connectivity index (χ2v) is 4.98. The average molecular weight is 263 g/mol. The first-order chi connectivity index (χ1) is 9.00. The lowest BCUT2D eigenvalue weighted by Gasteiger charge is -2.37. The molecule has 0 unspecified atom stereocenters. The summed E-state index contributed by atoms with van der Waals surface area (Å²) < 4.78 is 7.64. The van der Waals surface area contributed by atoms with Crippen LogP contribution in [0.25, 0.3) is 5.65 Å². The number of aromatic nitrogens is 5. The van der Waals surface area contributed by atoms with Gasteiger partial charge >= 0.3 is 11.7 Å². The van der Waals surface area contributed by atoms with Crippen LogP contribution < -0.4 is 5.69 Å². The van der Waals surface area contributed by atoms with Gasteiger partial charge in [-0.1, -0.05) is 5.21 Å². The Bertz CT molecular complexity index is 713. The van der Waals surface area contributed by atoms with Gasteiger partial charge in [-0.05, 0) is 26.2 Å². The summed E-state index contributed by atoms with van der Waals surface area (Å²) in [5.74, 6) is -0.563. The van der Waals surface area contributed by atoms with Crippen molar-refractivity contribution in [3.05, 3.63) is 22.5 Å². The monoisotopic (exact) mass is 263 g/mol. The summed E-state index contributed by atoms with van der Waals surface area (Å²) in [6.45, 7) is 1.89. The van der Waals surface area contributed by atoms with E-state index in [2.05, 4.69) is 15.3 Å². The highest BCUT2D eigenvalue weighted by molar-refractivity contribution is 5.93. The number of hydrogen-bond donors (Lipinski definition) is 0. The van der Waals surface area contributed by atoms with E-state index in [0.717, 1.165) is 23.9 Å². The molecule has 2 aromatic rings. The van der Waals surface area contributed by atoms with Gasteiger partial charge in [-0.2, -0.15) is 4.68 Å². The molecule has 100 valence electrons. The van der Waals surface area contributed by atoms with E-state index in [-0.39, 0.29) is 11.3 Å². The lowest BCUT2D eigenvalue weighted by Crippen LogP contribution is -2.38. The van der Waals surface area contributed by atoms with E-state index in [1.165, 1.54) is 17.8 Å². The molecular weight excluding hydrogens is 250 g/mol. The molecule has 0 aliphatic heterocycles. The number of ether oxygens (including phenoxy) is 1. The predicted molar refractivity (Wildman–Crippen MR) is 63.7 cm³/mol. The lowest BCUT2D eigenvalue weighted by atomic mass is 9.82. The van der Waals surface area contributed by atoms with Gasteiger partial charge in [0, 0.05) is 7.05 Å². The highest BCUT2D eigenvalue weighted by Crippen LogP contribution is 2.35. The van der Waals surface area contributed by atoms with Gasteiger partial charge in [0.15, 0.2) is 11.3 Å². The summed E-state index contributed by atoms with van der Waals surface area (Å²) >= 11 is 0. The molecule has 19 heavy (non-hydrogen) atoms. The number of carbonyl (C=O) groups is 1. The molecule has 1 aliphatic rings. The molecule has 0 radical (unpaired) electrons. The van der Waals surface area contributed by atoms with E-state index >= 15 is 0 Å². The standard InChI is InChI=1S/C11H13N5O3/c1-11(4-3-5-11)19-9(17)7-8-13-14-15(2)10(18)16(8)6-12-7/h6H,3-5H2,1-2H3. The van der Waals surface area contributed by atoms with Gasteiger partial charge in [-0.15, -0.1) is 5.10 Å². The van der Waals surface area contributed by atoms with Gasteiger partial charge in [0.05, 0.1) is 0 Å². The minimum atomic E-state index is -0.563. The van der Waals surface area contributed by atoms with Crippen molar-refractivity contribution in [3.63, 3.8) is 0 Å². The first kappa shape index (κ1) is 11.8. The maximum absolute atomic E-state index is 12.0. The zero-order valence-corrected chi connectivity index (χ0v) is 10.7. The smallest absolute Gasteiger partial charge is 0.361 e. The average Bonchev–Trinajstić information content (AvgIpc) is 2.76. The van der Waals surface area contributed by atoms with Crippen LogP contribution in [0.3, 0.4) is 0 Å². The molecule has 0 amide bonds. The number of esters is 1. The van der Waals surface area contributed by atoms with Crippen LogP contribution in [-0.2, 0) is 11.8 Å². The van der Waals surface area contributed by atoms with Crippen molar-refractivity contribution in [2.45, 2.75) is 31.8 Å². The van der Waals surface area contributed by atoms with E-state index in [0.29, 0.717) is 0 Å². The largest absolute Gasteiger partial charge is 0.455 e. The van der Waals surface area contributed by atoms with Gasteiger partial charge in [0.1, 0.15) is 11.9 Å². The molecule has 8 heteroatoms. The molecule has 1 fully saturated rings. The predicted octanol–water partition coefficient (Wildman–Crippen LogP) is -0.0776. The van der Waals surface area contributed by atoms with Crippen LogP contribution in [0.5, 0.6) is 0 Å². The van der Waals surface area contributed by atoms with Gasteiger partial charge in [-0.3, -0.25) is 0 Å². The summed E-state index contributed by atoms with van der Waals surface area (Å²) in [4.78, 5) is 27.7. The van der Waals surface area contributed by atoms with Crippen LogP contribution in [0.2, 0.25) is 0 Å². The number of nitrogens with zero attached hydrogens (tertiary/aromatic N) is 5. The fourth-order valence-corrected chi connectivity index (χ4v) is 2.07.